The molecule has 0 aliphatic rings. The topological polar surface area (TPSA) is 110 Å². The predicted molar refractivity (Wildman–Crippen MR) is 99.1 cm³/mol. The van der Waals surface area contributed by atoms with Gasteiger partial charge in [-0.25, -0.2) is 4.39 Å². The average Bonchev–Trinajstić information content (AvgIpc) is 3.27. The fourth-order valence-electron chi connectivity index (χ4n) is 2.10. The van der Waals surface area contributed by atoms with Crippen LogP contribution in [0, 0.1) is 12.7 Å². The number of rotatable bonds is 7. The Morgan fingerprint density at radius 3 is 2.74 bits per heavy atom. The second-order valence-corrected chi connectivity index (χ2v) is 7.73. The SMILES string of the molecule is Cc1nnc(NC(=O)c2nnc(CCC(=O)NCc3cccc(F)c3)s2)s1. The Balaban J connectivity index is 1.46. The first kappa shape index (κ1) is 19.0. The molecule has 8 nitrogen and oxygen atoms in total. The molecule has 0 saturated heterocycles. The highest BCUT2D eigenvalue weighted by atomic mass is 32.1. The van der Waals surface area contributed by atoms with Crippen molar-refractivity contribution in [3.63, 3.8) is 0 Å². The number of anilines is 1. The molecule has 0 fully saturated rings. The second-order valence-electron chi connectivity index (χ2n) is 5.49. The summed E-state index contributed by atoms with van der Waals surface area (Å²) in [5.74, 6) is -0.944. The van der Waals surface area contributed by atoms with Gasteiger partial charge in [0.15, 0.2) is 0 Å². The molecule has 0 saturated carbocycles. The summed E-state index contributed by atoms with van der Waals surface area (Å²) in [4.78, 5) is 24.0. The van der Waals surface area contributed by atoms with E-state index in [9.17, 15) is 14.0 Å². The summed E-state index contributed by atoms with van der Waals surface area (Å²) < 4.78 is 13.1. The highest BCUT2D eigenvalue weighted by Crippen LogP contribution is 2.17. The Labute approximate surface area is 161 Å². The molecule has 2 aromatic heterocycles. The van der Waals surface area contributed by atoms with Gasteiger partial charge in [0.2, 0.25) is 16.0 Å². The van der Waals surface area contributed by atoms with Crippen molar-refractivity contribution in [3.8, 4) is 0 Å². The fourth-order valence-corrected chi connectivity index (χ4v) is 3.42. The molecule has 2 amide bonds. The molecule has 0 atom stereocenters. The number of nitrogens with zero attached hydrogens (tertiary/aromatic N) is 4. The van der Waals surface area contributed by atoms with Gasteiger partial charge in [-0.2, -0.15) is 0 Å². The Hall–Kier alpha value is -2.79. The first-order chi connectivity index (χ1) is 13.0. The fraction of sp³-hybridized carbons (Fsp3) is 0.250. The van der Waals surface area contributed by atoms with Gasteiger partial charge < -0.3 is 5.32 Å². The third kappa shape index (κ3) is 5.59. The summed E-state index contributed by atoms with van der Waals surface area (Å²) in [6.07, 6.45) is 0.555. The minimum Gasteiger partial charge on any atom is -0.352 e. The number of carbonyl (C=O) groups excluding carboxylic acids is 2. The van der Waals surface area contributed by atoms with E-state index in [0.717, 1.165) is 16.3 Å². The Morgan fingerprint density at radius 1 is 1.15 bits per heavy atom. The van der Waals surface area contributed by atoms with Gasteiger partial charge in [-0.1, -0.05) is 34.8 Å². The van der Waals surface area contributed by atoms with E-state index in [1.54, 1.807) is 19.1 Å². The number of carbonyl (C=O) groups is 2. The summed E-state index contributed by atoms with van der Waals surface area (Å²) in [6, 6.07) is 6.04. The molecule has 1 aromatic carbocycles. The van der Waals surface area contributed by atoms with Crippen LogP contribution < -0.4 is 10.6 Å². The molecule has 27 heavy (non-hydrogen) atoms. The first-order valence-electron chi connectivity index (χ1n) is 7.94. The molecule has 2 N–H and O–H groups in total. The van der Waals surface area contributed by atoms with Crippen LogP contribution in [0.5, 0.6) is 0 Å². The van der Waals surface area contributed by atoms with Gasteiger partial charge in [-0.05, 0) is 24.6 Å². The predicted octanol–water partition coefficient (Wildman–Crippen LogP) is 2.34. The number of aryl methyl sites for hydroxylation is 2. The van der Waals surface area contributed by atoms with Crippen molar-refractivity contribution < 1.29 is 14.0 Å². The number of benzene rings is 1. The molecule has 0 unspecified atom stereocenters. The molecule has 3 rings (SSSR count). The van der Waals surface area contributed by atoms with Crippen molar-refractivity contribution in [2.45, 2.75) is 26.3 Å². The number of amides is 2. The Bertz CT molecular complexity index is 958. The van der Waals surface area contributed by atoms with Crippen LogP contribution in [-0.2, 0) is 17.8 Å². The standard InChI is InChI=1S/C16H15FN6O2S2/c1-9-20-23-16(26-9)19-14(25)15-22-21-13(27-15)6-5-12(24)18-8-10-3-2-4-11(17)7-10/h2-4,7H,5-6,8H2,1H3,(H,18,24)(H,19,23,25). The van der Waals surface area contributed by atoms with Crippen molar-refractivity contribution >= 4 is 39.6 Å². The highest BCUT2D eigenvalue weighted by Gasteiger charge is 2.15. The van der Waals surface area contributed by atoms with Crippen molar-refractivity contribution in [1.29, 1.82) is 0 Å². The van der Waals surface area contributed by atoms with Crippen molar-refractivity contribution in [1.82, 2.24) is 25.7 Å². The Kier molecular flexibility index (Phi) is 6.14. The zero-order chi connectivity index (χ0) is 19.2. The highest BCUT2D eigenvalue weighted by molar-refractivity contribution is 7.15. The minimum absolute atomic E-state index is 0.190. The van der Waals surface area contributed by atoms with E-state index < -0.39 is 5.91 Å². The molecule has 3 aromatic rings. The molecule has 0 aliphatic carbocycles. The molecule has 0 bridgehead atoms. The van der Waals surface area contributed by atoms with E-state index in [0.29, 0.717) is 22.1 Å². The number of halogens is 1. The maximum atomic E-state index is 13.1. The van der Waals surface area contributed by atoms with E-state index in [4.69, 9.17) is 0 Å². The van der Waals surface area contributed by atoms with Gasteiger partial charge in [0.1, 0.15) is 15.8 Å². The smallest absolute Gasteiger partial charge is 0.288 e. The minimum atomic E-state index is -0.412. The van der Waals surface area contributed by atoms with Gasteiger partial charge in [0.25, 0.3) is 5.91 Å². The van der Waals surface area contributed by atoms with Crippen LogP contribution in [0.4, 0.5) is 9.52 Å². The third-order valence-corrected chi connectivity index (χ3v) is 5.09. The summed E-state index contributed by atoms with van der Waals surface area (Å²) in [6.45, 7) is 2.04. The largest absolute Gasteiger partial charge is 0.352 e. The molecule has 0 radical (unpaired) electrons. The van der Waals surface area contributed by atoms with Crippen molar-refractivity contribution in [2.24, 2.45) is 0 Å². The van der Waals surface area contributed by atoms with Gasteiger partial charge in [0, 0.05) is 19.4 Å². The van der Waals surface area contributed by atoms with Crippen LogP contribution in [0.25, 0.3) is 0 Å². The lowest BCUT2D eigenvalue weighted by Gasteiger charge is -2.04. The van der Waals surface area contributed by atoms with Gasteiger partial charge in [-0.15, -0.1) is 20.4 Å². The molecule has 0 spiro atoms. The number of hydrogen-bond donors (Lipinski definition) is 2. The zero-order valence-electron chi connectivity index (χ0n) is 14.2. The molecule has 0 aliphatic heterocycles. The summed E-state index contributed by atoms with van der Waals surface area (Å²) in [5.41, 5.74) is 0.685. The summed E-state index contributed by atoms with van der Waals surface area (Å²) >= 11 is 2.38. The lowest BCUT2D eigenvalue weighted by atomic mass is 10.2. The van der Waals surface area contributed by atoms with E-state index in [2.05, 4.69) is 31.0 Å². The van der Waals surface area contributed by atoms with Gasteiger partial charge in [-0.3, -0.25) is 14.9 Å². The first-order valence-corrected chi connectivity index (χ1v) is 9.58. The lowest BCUT2D eigenvalue weighted by molar-refractivity contribution is -0.121. The third-order valence-electron chi connectivity index (χ3n) is 3.35. The van der Waals surface area contributed by atoms with E-state index in [-0.39, 0.29) is 29.7 Å². The molecule has 2 heterocycles. The van der Waals surface area contributed by atoms with Crippen LogP contribution in [0.15, 0.2) is 24.3 Å². The van der Waals surface area contributed by atoms with E-state index in [1.807, 2.05) is 0 Å². The van der Waals surface area contributed by atoms with Crippen LogP contribution in [-0.4, -0.2) is 32.2 Å². The summed E-state index contributed by atoms with van der Waals surface area (Å²) in [5, 5.41) is 22.6. The normalized spacial score (nSPS) is 10.6. The number of nitrogens with one attached hydrogen (secondary N) is 2. The van der Waals surface area contributed by atoms with E-state index >= 15 is 0 Å². The second kappa shape index (κ2) is 8.73. The number of aromatic nitrogens is 4. The van der Waals surface area contributed by atoms with Crippen molar-refractivity contribution in [3.05, 3.63) is 50.7 Å². The quantitative estimate of drug-likeness (QED) is 0.623. The Morgan fingerprint density at radius 2 is 2.00 bits per heavy atom. The van der Waals surface area contributed by atoms with Crippen LogP contribution in [0.3, 0.4) is 0 Å². The van der Waals surface area contributed by atoms with Crippen LogP contribution >= 0.6 is 22.7 Å². The number of hydrogen-bond acceptors (Lipinski definition) is 8. The van der Waals surface area contributed by atoms with E-state index in [1.165, 1.54) is 23.5 Å². The average molecular weight is 406 g/mol. The van der Waals surface area contributed by atoms with Crippen LogP contribution in [0.1, 0.15) is 31.8 Å². The van der Waals surface area contributed by atoms with Crippen LogP contribution in [0.2, 0.25) is 0 Å². The zero-order valence-corrected chi connectivity index (χ0v) is 15.9. The molecule has 11 heteroatoms. The molecular formula is C16H15FN6O2S2. The molecule has 140 valence electrons. The van der Waals surface area contributed by atoms with Crippen molar-refractivity contribution in [2.75, 3.05) is 5.32 Å². The lowest BCUT2D eigenvalue weighted by Crippen LogP contribution is -2.23. The van der Waals surface area contributed by atoms with Gasteiger partial charge >= 0.3 is 0 Å². The maximum Gasteiger partial charge on any atom is 0.288 e. The van der Waals surface area contributed by atoms with Gasteiger partial charge in [0.05, 0.1) is 0 Å². The maximum absolute atomic E-state index is 13.1. The monoisotopic (exact) mass is 406 g/mol. The molecular weight excluding hydrogens is 391 g/mol. The summed E-state index contributed by atoms with van der Waals surface area (Å²) in [7, 11) is 0.